The van der Waals surface area contributed by atoms with Crippen LogP contribution < -0.4 is 5.32 Å². The molecule has 0 bridgehead atoms. The minimum atomic E-state index is -0.310. The Kier molecular flexibility index (Phi) is 4.89. The van der Waals surface area contributed by atoms with Crippen LogP contribution in [0.15, 0.2) is 46.2 Å². The molecule has 0 unspecified atom stereocenters. The highest BCUT2D eigenvalue weighted by Crippen LogP contribution is 2.25. The second-order valence-electron chi connectivity index (χ2n) is 4.82. The van der Waals surface area contributed by atoms with Crippen molar-refractivity contribution in [3.8, 4) is 0 Å². The van der Waals surface area contributed by atoms with Crippen LogP contribution in [0.4, 0.5) is 5.69 Å². The Morgan fingerprint density at radius 2 is 2.13 bits per heavy atom. The summed E-state index contributed by atoms with van der Waals surface area (Å²) in [6.07, 6.45) is 1.54. The number of rotatable bonds is 4. The smallest absolute Gasteiger partial charge is 0.237 e. The number of carbonyl (C=O) groups is 1. The number of nitrogens with one attached hydrogen (secondary N) is 2. The number of anilines is 1. The molecule has 3 aromatic rings. The van der Waals surface area contributed by atoms with Crippen molar-refractivity contribution in [3.63, 3.8) is 0 Å². The van der Waals surface area contributed by atoms with Crippen molar-refractivity contribution in [2.45, 2.75) is 17.3 Å². The van der Waals surface area contributed by atoms with Crippen molar-refractivity contribution in [1.82, 2.24) is 15.0 Å². The highest BCUT2D eigenvalue weighted by Gasteiger charge is 2.17. The van der Waals surface area contributed by atoms with Gasteiger partial charge in [0.2, 0.25) is 5.91 Å². The van der Waals surface area contributed by atoms with Gasteiger partial charge in [-0.15, -0.1) is 0 Å². The SMILES string of the molecule is C[C@H](Sc1nc2ncc(Cl)cc2[nH]1)C(=O)Nc1ccc(Br)cc1. The van der Waals surface area contributed by atoms with Gasteiger partial charge >= 0.3 is 0 Å². The molecule has 23 heavy (non-hydrogen) atoms. The molecule has 3 rings (SSSR count). The molecule has 0 aliphatic rings. The molecular formula is C15H12BrClN4OS. The van der Waals surface area contributed by atoms with Gasteiger partial charge in [0, 0.05) is 16.4 Å². The number of amides is 1. The van der Waals surface area contributed by atoms with Gasteiger partial charge < -0.3 is 10.3 Å². The van der Waals surface area contributed by atoms with E-state index in [4.69, 9.17) is 11.6 Å². The van der Waals surface area contributed by atoms with E-state index in [0.29, 0.717) is 15.8 Å². The van der Waals surface area contributed by atoms with Crippen molar-refractivity contribution in [2.75, 3.05) is 5.32 Å². The number of aromatic amines is 1. The molecule has 1 atom stereocenters. The van der Waals surface area contributed by atoms with Gasteiger partial charge in [-0.3, -0.25) is 4.79 Å². The van der Waals surface area contributed by atoms with Gasteiger partial charge in [-0.05, 0) is 37.3 Å². The maximum atomic E-state index is 12.2. The lowest BCUT2D eigenvalue weighted by atomic mass is 10.3. The van der Waals surface area contributed by atoms with Crippen LogP contribution in [0.1, 0.15) is 6.92 Å². The maximum Gasteiger partial charge on any atom is 0.237 e. The van der Waals surface area contributed by atoms with Crippen LogP contribution in [0, 0.1) is 0 Å². The molecule has 0 aliphatic carbocycles. The van der Waals surface area contributed by atoms with Crippen molar-refractivity contribution in [3.05, 3.63) is 46.0 Å². The van der Waals surface area contributed by atoms with Crippen LogP contribution in [-0.4, -0.2) is 26.1 Å². The number of fused-ring (bicyclic) bond motifs is 1. The van der Waals surface area contributed by atoms with Crippen LogP contribution >= 0.6 is 39.3 Å². The topological polar surface area (TPSA) is 70.7 Å². The minimum absolute atomic E-state index is 0.0937. The van der Waals surface area contributed by atoms with Crippen molar-refractivity contribution >= 4 is 62.1 Å². The second-order valence-corrected chi connectivity index (χ2v) is 7.50. The lowest BCUT2D eigenvalue weighted by Gasteiger charge is -2.10. The van der Waals surface area contributed by atoms with E-state index in [1.807, 2.05) is 31.2 Å². The van der Waals surface area contributed by atoms with E-state index in [9.17, 15) is 4.79 Å². The Hall–Kier alpha value is -1.57. The number of aromatic nitrogens is 3. The quantitative estimate of drug-likeness (QED) is 0.620. The molecule has 0 aliphatic heterocycles. The molecule has 1 aromatic carbocycles. The van der Waals surface area contributed by atoms with Gasteiger partial charge in [-0.1, -0.05) is 39.3 Å². The summed E-state index contributed by atoms with van der Waals surface area (Å²) in [6.45, 7) is 1.83. The standard InChI is InChI=1S/C15H12BrClN4OS/c1-8(14(22)19-11-4-2-9(16)3-5-11)23-15-20-12-6-10(17)7-18-13(12)21-15/h2-8H,1H3,(H,19,22)(H,18,20,21)/t8-/m0/s1. The predicted molar refractivity (Wildman–Crippen MR) is 97.0 cm³/mol. The summed E-state index contributed by atoms with van der Waals surface area (Å²) in [4.78, 5) is 23.8. The number of nitrogens with zero attached hydrogens (tertiary/aromatic N) is 2. The minimum Gasteiger partial charge on any atom is -0.331 e. The zero-order valence-corrected chi connectivity index (χ0v) is 15.2. The van der Waals surface area contributed by atoms with Gasteiger partial charge in [0.25, 0.3) is 0 Å². The van der Waals surface area contributed by atoms with Gasteiger partial charge in [-0.2, -0.15) is 0 Å². The lowest BCUT2D eigenvalue weighted by Crippen LogP contribution is -2.22. The predicted octanol–water partition coefficient (Wildman–Crippen LogP) is 4.49. The van der Waals surface area contributed by atoms with E-state index in [0.717, 1.165) is 15.7 Å². The lowest BCUT2D eigenvalue weighted by molar-refractivity contribution is -0.115. The first-order valence-corrected chi connectivity index (χ1v) is 8.80. The summed E-state index contributed by atoms with van der Waals surface area (Å²) in [5.41, 5.74) is 2.08. The summed E-state index contributed by atoms with van der Waals surface area (Å²) in [6, 6.07) is 9.19. The first kappa shape index (κ1) is 16.3. The summed E-state index contributed by atoms with van der Waals surface area (Å²) in [5.74, 6) is -0.0937. The average Bonchev–Trinajstić information content (AvgIpc) is 2.90. The molecule has 2 aromatic heterocycles. The molecule has 5 nitrogen and oxygen atoms in total. The number of hydrogen-bond donors (Lipinski definition) is 2. The van der Waals surface area contributed by atoms with Crippen LogP contribution in [-0.2, 0) is 4.79 Å². The fraction of sp³-hybridized carbons (Fsp3) is 0.133. The molecule has 0 radical (unpaired) electrons. The van der Waals surface area contributed by atoms with Crippen molar-refractivity contribution in [2.24, 2.45) is 0 Å². The van der Waals surface area contributed by atoms with Crippen molar-refractivity contribution < 1.29 is 4.79 Å². The molecule has 2 heterocycles. The zero-order valence-electron chi connectivity index (χ0n) is 12.0. The van der Waals surface area contributed by atoms with E-state index in [1.165, 1.54) is 11.8 Å². The molecule has 8 heteroatoms. The Morgan fingerprint density at radius 1 is 1.39 bits per heavy atom. The Morgan fingerprint density at radius 3 is 2.87 bits per heavy atom. The van der Waals surface area contributed by atoms with E-state index in [1.54, 1.807) is 12.3 Å². The summed E-state index contributed by atoms with van der Waals surface area (Å²) in [7, 11) is 0. The summed E-state index contributed by atoms with van der Waals surface area (Å²) >= 11 is 10.6. The third-order valence-electron chi connectivity index (χ3n) is 3.05. The molecular weight excluding hydrogens is 400 g/mol. The largest absolute Gasteiger partial charge is 0.331 e. The zero-order chi connectivity index (χ0) is 16.4. The Balaban J connectivity index is 1.68. The van der Waals surface area contributed by atoms with Crippen LogP contribution in [0.5, 0.6) is 0 Å². The first-order valence-electron chi connectivity index (χ1n) is 6.75. The van der Waals surface area contributed by atoms with Gasteiger partial charge in [0.05, 0.1) is 15.8 Å². The number of imidazole rings is 1. The molecule has 118 valence electrons. The molecule has 0 spiro atoms. The molecule has 0 saturated heterocycles. The number of H-pyrrole nitrogens is 1. The fourth-order valence-electron chi connectivity index (χ4n) is 1.91. The molecule has 2 N–H and O–H groups in total. The number of halogens is 2. The second kappa shape index (κ2) is 6.90. The van der Waals surface area contributed by atoms with E-state index < -0.39 is 0 Å². The van der Waals surface area contributed by atoms with E-state index >= 15 is 0 Å². The molecule has 0 fully saturated rings. The summed E-state index contributed by atoms with van der Waals surface area (Å²) < 4.78 is 0.964. The Bertz CT molecular complexity index is 852. The third-order valence-corrected chi connectivity index (χ3v) is 4.77. The highest BCUT2D eigenvalue weighted by molar-refractivity contribution is 9.10. The van der Waals surface area contributed by atoms with Gasteiger partial charge in [0.15, 0.2) is 10.8 Å². The number of hydrogen-bond acceptors (Lipinski definition) is 4. The third kappa shape index (κ3) is 4.04. The first-order chi connectivity index (χ1) is 11.0. The van der Waals surface area contributed by atoms with Gasteiger partial charge in [-0.25, -0.2) is 9.97 Å². The number of benzene rings is 1. The normalized spacial score (nSPS) is 12.3. The van der Waals surface area contributed by atoms with E-state index in [2.05, 4.69) is 36.2 Å². The monoisotopic (exact) mass is 410 g/mol. The van der Waals surface area contributed by atoms with E-state index in [-0.39, 0.29) is 11.2 Å². The number of thioether (sulfide) groups is 1. The number of carbonyl (C=O) groups excluding carboxylic acids is 1. The van der Waals surface area contributed by atoms with Crippen LogP contribution in [0.2, 0.25) is 5.02 Å². The van der Waals surface area contributed by atoms with Crippen molar-refractivity contribution in [1.29, 1.82) is 0 Å². The Labute approximate surface area is 150 Å². The maximum absolute atomic E-state index is 12.2. The van der Waals surface area contributed by atoms with Crippen LogP contribution in [0.3, 0.4) is 0 Å². The molecule has 1 amide bonds. The average molecular weight is 412 g/mol. The molecule has 0 saturated carbocycles. The van der Waals surface area contributed by atoms with Gasteiger partial charge in [0.1, 0.15) is 0 Å². The van der Waals surface area contributed by atoms with Crippen LogP contribution in [0.25, 0.3) is 11.2 Å². The highest BCUT2D eigenvalue weighted by atomic mass is 79.9. The summed E-state index contributed by atoms with van der Waals surface area (Å²) in [5, 5.41) is 3.74. The fourth-order valence-corrected chi connectivity index (χ4v) is 3.14. The number of pyridine rings is 1.